The fraction of sp³-hybridized carbons (Fsp3) is 0.353. The molecule has 26 heavy (non-hydrogen) atoms. The van der Waals surface area contributed by atoms with E-state index < -0.39 is 20.0 Å². The van der Waals surface area contributed by atoms with E-state index in [4.69, 9.17) is 0 Å². The summed E-state index contributed by atoms with van der Waals surface area (Å²) < 4.78 is 53.0. The Kier molecular flexibility index (Phi) is 5.16. The van der Waals surface area contributed by atoms with E-state index in [-0.39, 0.29) is 23.9 Å². The van der Waals surface area contributed by atoms with E-state index in [1.54, 1.807) is 30.5 Å². The third-order valence-electron chi connectivity index (χ3n) is 4.59. The average molecular weight is 396 g/mol. The molecule has 0 bridgehead atoms. The van der Waals surface area contributed by atoms with E-state index in [1.165, 1.54) is 4.31 Å². The first-order valence-electron chi connectivity index (χ1n) is 8.21. The number of benzene rings is 1. The first-order valence-corrected chi connectivity index (χ1v) is 11.2. The molecule has 1 aromatic carbocycles. The highest BCUT2D eigenvalue weighted by atomic mass is 32.2. The molecule has 2 heterocycles. The van der Waals surface area contributed by atoms with Crippen LogP contribution in [0.1, 0.15) is 12.0 Å². The Morgan fingerprint density at radius 1 is 1.31 bits per heavy atom. The zero-order valence-corrected chi connectivity index (χ0v) is 16.1. The molecule has 0 aliphatic carbocycles. The molecular weight excluding hydrogens is 374 g/mol. The lowest BCUT2D eigenvalue weighted by Crippen LogP contribution is -2.32. The number of aryl methyl sites for hydroxylation is 1. The third kappa shape index (κ3) is 3.66. The van der Waals surface area contributed by atoms with Crippen LogP contribution in [0.5, 0.6) is 0 Å². The summed E-state index contributed by atoms with van der Waals surface area (Å²) in [6, 6.07) is 6.85. The maximum atomic E-state index is 13.1. The summed E-state index contributed by atoms with van der Waals surface area (Å²) in [5.74, 6) is -0.0747. The molecule has 1 aliphatic rings. The molecular formula is C17H21N3O4S2. The molecule has 0 spiro atoms. The maximum absolute atomic E-state index is 13.1. The smallest absolute Gasteiger partial charge is 0.243 e. The number of hydrogen-bond donors (Lipinski definition) is 1. The van der Waals surface area contributed by atoms with Crippen LogP contribution in [-0.2, 0) is 20.0 Å². The van der Waals surface area contributed by atoms with E-state index in [2.05, 4.69) is 16.3 Å². The summed E-state index contributed by atoms with van der Waals surface area (Å²) in [5, 5.41) is 1.45. The molecule has 0 radical (unpaired) electrons. The minimum absolute atomic E-state index is 0.0747. The van der Waals surface area contributed by atoms with Gasteiger partial charge in [-0.25, -0.2) is 21.6 Å². The van der Waals surface area contributed by atoms with Gasteiger partial charge in [0.25, 0.3) is 0 Å². The molecule has 2 aromatic rings. The van der Waals surface area contributed by atoms with Gasteiger partial charge >= 0.3 is 0 Å². The molecule has 9 heteroatoms. The van der Waals surface area contributed by atoms with E-state index >= 15 is 0 Å². The van der Waals surface area contributed by atoms with Crippen molar-refractivity contribution in [2.24, 2.45) is 5.92 Å². The van der Waals surface area contributed by atoms with Gasteiger partial charge in [0.15, 0.2) is 0 Å². The van der Waals surface area contributed by atoms with Crippen LogP contribution in [0.25, 0.3) is 10.9 Å². The van der Waals surface area contributed by atoms with Gasteiger partial charge in [-0.05, 0) is 43.0 Å². The van der Waals surface area contributed by atoms with Gasteiger partial charge in [0.1, 0.15) is 0 Å². The van der Waals surface area contributed by atoms with Crippen LogP contribution in [0.4, 0.5) is 0 Å². The monoisotopic (exact) mass is 395 g/mol. The van der Waals surface area contributed by atoms with Crippen molar-refractivity contribution in [1.82, 2.24) is 14.0 Å². The minimum atomic E-state index is -3.68. The van der Waals surface area contributed by atoms with E-state index in [0.717, 1.165) is 11.0 Å². The average Bonchev–Trinajstić information content (AvgIpc) is 3.10. The van der Waals surface area contributed by atoms with Crippen LogP contribution in [0.15, 0.2) is 47.3 Å². The van der Waals surface area contributed by atoms with Crippen molar-refractivity contribution >= 4 is 30.9 Å². The summed E-state index contributed by atoms with van der Waals surface area (Å²) >= 11 is 0. The molecule has 3 rings (SSSR count). The Hall–Kier alpha value is -1.81. The molecule has 7 nitrogen and oxygen atoms in total. The predicted octanol–water partition coefficient (Wildman–Crippen LogP) is 1.62. The second-order valence-electron chi connectivity index (χ2n) is 6.36. The van der Waals surface area contributed by atoms with E-state index in [1.807, 2.05) is 6.92 Å². The van der Waals surface area contributed by atoms with Crippen molar-refractivity contribution in [2.75, 3.05) is 19.6 Å². The van der Waals surface area contributed by atoms with Crippen LogP contribution in [0, 0.1) is 12.8 Å². The summed E-state index contributed by atoms with van der Waals surface area (Å²) in [5.41, 5.74) is 1.58. The number of aromatic nitrogens is 1. The number of sulfonamides is 2. The van der Waals surface area contributed by atoms with Gasteiger partial charge in [-0.3, -0.25) is 4.98 Å². The minimum Gasteiger partial charge on any atom is -0.256 e. The maximum Gasteiger partial charge on any atom is 0.243 e. The Bertz CT molecular complexity index is 1050. The summed E-state index contributed by atoms with van der Waals surface area (Å²) in [6.07, 6.45) is 2.24. The van der Waals surface area contributed by atoms with Crippen LogP contribution in [0.3, 0.4) is 0 Å². The highest BCUT2D eigenvalue weighted by Crippen LogP contribution is 2.30. The van der Waals surface area contributed by atoms with Crippen molar-refractivity contribution in [2.45, 2.75) is 18.2 Å². The fourth-order valence-corrected chi connectivity index (χ4v) is 5.43. The lowest BCUT2D eigenvalue weighted by Gasteiger charge is -2.18. The second kappa shape index (κ2) is 7.07. The zero-order valence-electron chi connectivity index (χ0n) is 14.4. The third-order valence-corrected chi connectivity index (χ3v) is 7.52. The number of rotatable bonds is 6. The van der Waals surface area contributed by atoms with Gasteiger partial charge in [0, 0.05) is 36.6 Å². The molecule has 0 saturated carbocycles. The van der Waals surface area contributed by atoms with Gasteiger partial charge in [0.05, 0.1) is 10.4 Å². The molecule has 140 valence electrons. The van der Waals surface area contributed by atoms with Crippen molar-refractivity contribution in [3.8, 4) is 0 Å². The van der Waals surface area contributed by atoms with Gasteiger partial charge in [0.2, 0.25) is 20.0 Å². The lowest BCUT2D eigenvalue weighted by atomic mass is 10.1. The normalized spacial score (nSPS) is 19.0. The first kappa shape index (κ1) is 19.0. The predicted molar refractivity (Wildman–Crippen MR) is 100 cm³/mol. The lowest BCUT2D eigenvalue weighted by molar-refractivity contribution is 0.455. The highest BCUT2D eigenvalue weighted by Gasteiger charge is 2.33. The molecule has 1 atom stereocenters. The molecule has 0 amide bonds. The molecule has 1 aromatic heterocycles. The van der Waals surface area contributed by atoms with Gasteiger partial charge in [-0.1, -0.05) is 12.6 Å². The fourth-order valence-electron chi connectivity index (χ4n) is 3.13. The molecule has 1 saturated heterocycles. The van der Waals surface area contributed by atoms with Crippen molar-refractivity contribution < 1.29 is 16.8 Å². The number of hydrogen-bond acceptors (Lipinski definition) is 5. The van der Waals surface area contributed by atoms with E-state index in [0.29, 0.717) is 23.9 Å². The number of nitrogens with one attached hydrogen (secondary N) is 1. The first-order chi connectivity index (χ1) is 12.2. The molecule has 1 aliphatic heterocycles. The molecule has 0 unspecified atom stereocenters. The van der Waals surface area contributed by atoms with Crippen molar-refractivity contribution in [3.05, 3.63) is 48.0 Å². The highest BCUT2D eigenvalue weighted by molar-refractivity contribution is 7.92. The Morgan fingerprint density at radius 3 is 2.81 bits per heavy atom. The van der Waals surface area contributed by atoms with Crippen LogP contribution in [-0.4, -0.2) is 45.8 Å². The van der Waals surface area contributed by atoms with Gasteiger partial charge in [-0.15, -0.1) is 0 Å². The Balaban J connectivity index is 1.84. The van der Waals surface area contributed by atoms with Crippen LogP contribution < -0.4 is 4.72 Å². The largest absolute Gasteiger partial charge is 0.256 e. The van der Waals surface area contributed by atoms with Crippen molar-refractivity contribution in [3.63, 3.8) is 0 Å². The number of fused-ring (bicyclic) bond motifs is 1. The number of nitrogens with zero attached hydrogens (tertiary/aromatic N) is 2. The summed E-state index contributed by atoms with van der Waals surface area (Å²) in [4.78, 5) is 4.53. The van der Waals surface area contributed by atoms with Crippen LogP contribution in [0.2, 0.25) is 0 Å². The SMILES string of the molecule is C=CS(=O)(=O)NC[C@@H]1CCN(S(=O)(=O)c2ccc(C)c3ncccc23)C1. The number of pyridine rings is 1. The van der Waals surface area contributed by atoms with Crippen LogP contribution >= 0.6 is 0 Å². The quantitative estimate of drug-likeness (QED) is 0.802. The Labute approximate surface area is 153 Å². The zero-order chi connectivity index (χ0) is 18.9. The topological polar surface area (TPSA) is 96.4 Å². The second-order valence-corrected chi connectivity index (χ2v) is 9.98. The van der Waals surface area contributed by atoms with Crippen molar-refractivity contribution in [1.29, 1.82) is 0 Å². The molecule has 1 N–H and O–H groups in total. The Morgan fingerprint density at radius 2 is 2.08 bits per heavy atom. The standard InChI is InChI=1S/C17H21N3O4S2/c1-3-25(21,22)19-11-14-8-10-20(12-14)26(23,24)16-7-6-13(2)17-15(16)5-4-9-18-17/h3-7,9,14,19H,1,8,10-12H2,2H3/t14-/m0/s1. The van der Waals surface area contributed by atoms with E-state index in [9.17, 15) is 16.8 Å². The van der Waals surface area contributed by atoms with Gasteiger partial charge in [-0.2, -0.15) is 4.31 Å². The summed E-state index contributed by atoms with van der Waals surface area (Å²) in [7, 11) is -7.19. The molecule has 1 fully saturated rings. The van der Waals surface area contributed by atoms with Gasteiger partial charge < -0.3 is 0 Å². The summed E-state index contributed by atoms with van der Waals surface area (Å²) in [6.45, 7) is 5.96.